The summed E-state index contributed by atoms with van der Waals surface area (Å²) in [6.45, 7) is 2.23. The fraction of sp³-hybridized carbons (Fsp3) is 0.182. The van der Waals surface area contributed by atoms with Gasteiger partial charge >= 0.3 is 0 Å². The number of hydrogen-bond acceptors (Lipinski definition) is 4. The lowest BCUT2D eigenvalue weighted by molar-refractivity contribution is 0.173. The van der Waals surface area contributed by atoms with Crippen LogP contribution in [0.2, 0.25) is 0 Å². The van der Waals surface area contributed by atoms with Crippen molar-refractivity contribution in [1.82, 2.24) is 10.2 Å². The van der Waals surface area contributed by atoms with E-state index in [4.69, 9.17) is 15.2 Å². The number of nitrogen functional groups attached to an aromatic ring is 1. The number of aromatic nitrogens is 2. The molecule has 3 N–H and O–H groups in total. The predicted octanol–water partition coefficient (Wildman–Crippen LogP) is 2.46. The van der Waals surface area contributed by atoms with E-state index in [1.165, 1.54) is 0 Å². The van der Waals surface area contributed by atoms with Crippen LogP contribution in [0.5, 0.6) is 11.5 Å². The van der Waals surface area contributed by atoms with Gasteiger partial charge in [0, 0.05) is 21.7 Å². The molecule has 0 fully saturated rings. The average Bonchev–Trinajstić information content (AvgIpc) is 2.91. The van der Waals surface area contributed by atoms with Crippen LogP contribution in [0.1, 0.15) is 5.56 Å². The molecule has 0 atom stereocenters. The van der Waals surface area contributed by atoms with Gasteiger partial charge in [0.25, 0.3) is 0 Å². The van der Waals surface area contributed by atoms with Gasteiger partial charge in [-0.3, -0.25) is 5.10 Å². The van der Waals surface area contributed by atoms with Crippen LogP contribution < -0.4 is 15.2 Å². The topological polar surface area (TPSA) is 73.2 Å². The Labute approximate surface area is 106 Å². The van der Waals surface area contributed by atoms with Crippen LogP contribution in [0.4, 0.5) is 5.82 Å². The molecule has 2 aromatic rings. The first kappa shape index (κ1) is 10.5. The van der Waals surface area contributed by atoms with Crippen molar-refractivity contribution in [3.8, 4) is 22.8 Å². The highest BCUT2D eigenvalue weighted by Crippen LogP contribution is 2.44. The average molecular weight is 296 g/mol. The minimum absolute atomic E-state index is 0.261. The number of nitrogens with one attached hydrogen (secondary N) is 1. The molecule has 5 nitrogen and oxygen atoms in total. The Bertz CT molecular complexity index is 595. The van der Waals surface area contributed by atoms with Crippen molar-refractivity contribution in [2.24, 2.45) is 0 Å². The molecule has 0 radical (unpaired) electrons. The molecular weight excluding hydrogens is 286 g/mol. The number of aromatic amines is 1. The third-order valence-corrected chi connectivity index (χ3v) is 3.73. The third kappa shape index (κ3) is 1.56. The lowest BCUT2D eigenvalue weighted by atomic mass is 10.1. The Hall–Kier alpha value is -1.69. The van der Waals surface area contributed by atoms with E-state index in [-0.39, 0.29) is 6.79 Å². The molecule has 0 saturated carbocycles. The number of nitrogens with two attached hydrogens (primary N) is 1. The number of H-pyrrole nitrogens is 1. The predicted molar refractivity (Wildman–Crippen MR) is 67.0 cm³/mol. The Balaban J connectivity index is 2.21. The minimum Gasteiger partial charge on any atom is -0.454 e. The van der Waals surface area contributed by atoms with Gasteiger partial charge in [0.15, 0.2) is 11.5 Å². The highest BCUT2D eigenvalue weighted by molar-refractivity contribution is 9.10. The van der Waals surface area contributed by atoms with Gasteiger partial charge in [-0.25, -0.2) is 0 Å². The molecule has 2 heterocycles. The summed E-state index contributed by atoms with van der Waals surface area (Å²) in [7, 11) is 0. The molecule has 6 heteroatoms. The zero-order valence-corrected chi connectivity index (χ0v) is 10.7. The second-order valence-corrected chi connectivity index (χ2v) is 4.60. The van der Waals surface area contributed by atoms with Gasteiger partial charge in [0.05, 0.1) is 5.69 Å². The monoisotopic (exact) mass is 295 g/mol. The van der Waals surface area contributed by atoms with Gasteiger partial charge in [-0.05, 0) is 28.9 Å². The maximum Gasteiger partial charge on any atom is 0.231 e. The van der Waals surface area contributed by atoms with Crippen molar-refractivity contribution >= 4 is 21.7 Å². The summed E-state index contributed by atoms with van der Waals surface area (Å²) < 4.78 is 11.7. The summed E-state index contributed by atoms with van der Waals surface area (Å²) in [4.78, 5) is 0. The van der Waals surface area contributed by atoms with Crippen molar-refractivity contribution in [2.75, 3.05) is 12.5 Å². The lowest BCUT2D eigenvalue weighted by Crippen LogP contribution is -1.93. The van der Waals surface area contributed by atoms with E-state index in [0.717, 1.165) is 32.8 Å². The highest BCUT2D eigenvalue weighted by Gasteiger charge is 2.21. The first-order chi connectivity index (χ1) is 8.16. The molecular formula is C11H10BrN3O2. The number of hydrogen-bond donors (Lipinski definition) is 2. The number of nitrogens with zero attached hydrogens (tertiary/aromatic N) is 1. The Morgan fingerprint density at radius 2 is 2.24 bits per heavy atom. The smallest absolute Gasteiger partial charge is 0.231 e. The van der Waals surface area contributed by atoms with E-state index in [2.05, 4.69) is 26.1 Å². The number of benzene rings is 1. The van der Waals surface area contributed by atoms with E-state index >= 15 is 0 Å². The van der Waals surface area contributed by atoms with Crippen LogP contribution in [0, 0.1) is 6.92 Å². The number of anilines is 1. The lowest BCUT2D eigenvalue weighted by Gasteiger charge is -2.08. The fourth-order valence-electron chi connectivity index (χ4n) is 1.86. The van der Waals surface area contributed by atoms with E-state index in [0.29, 0.717) is 5.82 Å². The fourth-order valence-corrected chi connectivity index (χ4v) is 2.36. The van der Waals surface area contributed by atoms with Crippen molar-refractivity contribution in [1.29, 1.82) is 0 Å². The first-order valence-electron chi connectivity index (χ1n) is 5.07. The molecule has 3 rings (SSSR count). The van der Waals surface area contributed by atoms with Gasteiger partial charge in [-0.2, -0.15) is 5.10 Å². The molecule has 0 saturated heterocycles. The normalized spacial score (nSPS) is 13.1. The van der Waals surface area contributed by atoms with Crippen molar-refractivity contribution in [3.05, 3.63) is 22.2 Å². The number of rotatable bonds is 1. The maximum absolute atomic E-state index is 5.60. The molecule has 1 aliphatic rings. The second-order valence-electron chi connectivity index (χ2n) is 3.80. The van der Waals surface area contributed by atoms with E-state index < -0.39 is 0 Å². The van der Waals surface area contributed by atoms with Crippen molar-refractivity contribution < 1.29 is 9.47 Å². The zero-order chi connectivity index (χ0) is 12.0. The zero-order valence-electron chi connectivity index (χ0n) is 9.08. The van der Waals surface area contributed by atoms with Crippen LogP contribution in [-0.4, -0.2) is 17.0 Å². The van der Waals surface area contributed by atoms with Crippen LogP contribution in [0.3, 0.4) is 0 Å². The van der Waals surface area contributed by atoms with E-state index in [1.54, 1.807) is 6.07 Å². The maximum atomic E-state index is 5.60. The molecule has 0 amide bonds. The standard InChI is InChI=1S/C11H10BrN3O2/c1-5-10(12)6(7-3-9(13)15-14-7)2-8-11(5)17-4-16-8/h2-3H,4H2,1H3,(H3,13,14,15). The molecule has 88 valence electrons. The first-order valence-corrected chi connectivity index (χ1v) is 5.86. The third-order valence-electron chi connectivity index (χ3n) is 2.71. The van der Waals surface area contributed by atoms with E-state index in [1.807, 2.05) is 13.0 Å². The summed E-state index contributed by atoms with van der Waals surface area (Å²) >= 11 is 3.56. The summed E-state index contributed by atoms with van der Waals surface area (Å²) in [5.41, 5.74) is 8.40. The van der Waals surface area contributed by atoms with Gasteiger partial charge in [0.2, 0.25) is 6.79 Å². The number of ether oxygens (including phenoxy) is 2. The molecule has 0 aliphatic carbocycles. The van der Waals surface area contributed by atoms with Gasteiger partial charge in [0.1, 0.15) is 5.82 Å². The summed E-state index contributed by atoms with van der Waals surface area (Å²) in [5.74, 6) is 1.99. The molecule has 1 aromatic carbocycles. The van der Waals surface area contributed by atoms with E-state index in [9.17, 15) is 0 Å². The molecule has 0 bridgehead atoms. The van der Waals surface area contributed by atoms with Gasteiger partial charge < -0.3 is 15.2 Å². The summed E-state index contributed by atoms with van der Waals surface area (Å²) in [6, 6.07) is 3.69. The molecule has 0 unspecified atom stereocenters. The Morgan fingerprint density at radius 1 is 1.41 bits per heavy atom. The second kappa shape index (κ2) is 3.66. The van der Waals surface area contributed by atoms with Crippen LogP contribution in [0.25, 0.3) is 11.3 Å². The molecule has 0 spiro atoms. The number of fused-ring (bicyclic) bond motifs is 1. The van der Waals surface area contributed by atoms with Crippen LogP contribution in [-0.2, 0) is 0 Å². The molecule has 17 heavy (non-hydrogen) atoms. The van der Waals surface area contributed by atoms with Crippen molar-refractivity contribution in [2.45, 2.75) is 6.92 Å². The van der Waals surface area contributed by atoms with Gasteiger partial charge in [-0.1, -0.05) is 0 Å². The Morgan fingerprint density at radius 3 is 2.94 bits per heavy atom. The van der Waals surface area contributed by atoms with Crippen molar-refractivity contribution in [3.63, 3.8) is 0 Å². The quantitative estimate of drug-likeness (QED) is 0.848. The SMILES string of the molecule is Cc1c(Br)c(-c2cc(N)n[nH]2)cc2c1OCO2. The largest absolute Gasteiger partial charge is 0.454 e. The van der Waals surface area contributed by atoms with Crippen LogP contribution >= 0.6 is 15.9 Å². The molecule has 1 aromatic heterocycles. The van der Waals surface area contributed by atoms with Crippen LogP contribution in [0.15, 0.2) is 16.6 Å². The van der Waals surface area contributed by atoms with Gasteiger partial charge in [-0.15, -0.1) is 0 Å². The highest BCUT2D eigenvalue weighted by atomic mass is 79.9. The minimum atomic E-state index is 0.261. The summed E-state index contributed by atoms with van der Waals surface area (Å²) in [5, 5.41) is 6.80. The summed E-state index contributed by atoms with van der Waals surface area (Å²) in [6.07, 6.45) is 0. The molecule has 1 aliphatic heterocycles. The Kier molecular flexibility index (Phi) is 2.25. The number of halogens is 1.